The van der Waals surface area contributed by atoms with Gasteiger partial charge in [0, 0.05) is 51.0 Å². The predicted octanol–water partition coefficient (Wildman–Crippen LogP) is 3.46. The van der Waals surface area contributed by atoms with Gasteiger partial charge in [-0.05, 0) is 29.8 Å². The highest BCUT2D eigenvalue weighted by Gasteiger charge is 2.32. The average molecular weight is 429 g/mol. The lowest BCUT2D eigenvalue weighted by molar-refractivity contribution is 0.0925. The number of nitrogens with one attached hydrogen (secondary N) is 1. The Labute approximate surface area is 188 Å². The van der Waals surface area contributed by atoms with Crippen LogP contribution in [0, 0.1) is 0 Å². The highest BCUT2D eigenvalue weighted by atomic mass is 16.3. The van der Waals surface area contributed by atoms with Crippen molar-refractivity contribution in [3.05, 3.63) is 90.0 Å². The van der Waals surface area contributed by atoms with Crippen LogP contribution in [0.4, 0.5) is 11.4 Å². The first-order valence-corrected chi connectivity index (χ1v) is 11.2. The summed E-state index contributed by atoms with van der Waals surface area (Å²) >= 11 is 0. The number of carbonyl (C=O) groups excluding carboxylic acids is 1. The molecule has 5 rings (SSSR count). The van der Waals surface area contributed by atoms with Crippen LogP contribution >= 0.6 is 0 Å². The molecule has 2 heterocycles. The number of carbonyl (C=O) groups is 1. The van der Waals surface area contributed by atoms with Gasteiger partial charge in [-0.2, -0.15) is 0 Å². The standard InChI is InChI=1S/C26H28N4O2/c31-22-11-12-23-24(19-22)30(25(27-26(23)32)20-7-3-1-4-8-20)18-15-28-13-16-29(17-14-28)21-9-5-2-6-10-21/h1-12,19,25,31H,13-18H2,(H,27,32). The second-order valence-electron chi connectivity index (χ2n) is 8.35. The van der Waals surface area contributed by atoms with Crippen LogP contribution in [-0.2, 0) is 0 Å². The number of hydrogen-bond donors (Lipinski definition) is 2. The number of phenols is 1. The molecule has 2 N–H and O–H groups in total. The molecule has 0 saturated carbocycles. The molecule has 2 aliphatic rings. The lowest BCUT2D eigenvalue weighted by Gasteiger charge is -2.41. The first kappa shape index (κ1) is 20.4. The average Bonchev–Trinajstić information content (AvgIpc) is 2.84. The van der Waals surface area contributed by atoms with Crippen LogP contribution in [0.2, 0.25) is 0 Å². The van der Waals surface area contributed by atoms with E-state index in [-0.39, 0.29) is 17.8 Å². The Bertz CT molecular complexity index is 1070. The molecule has 0 bridgehead atoms. The van der Waals surface area contributed by atoms with Gasteiger partial charge >= 0.3 is 0 Å². The fraction of sp³-hybridized carbons (Fsp3) is 0.269. The zero-order valence-corrected chi connectivity index (χ0v) is 18.0. The van der Waals surface area contributed by atoms with Crippen LogP contribution in [0.1, 0.15) is 22.1 Å². The van der Waals surface area contributed by atoms with Gasteiger partial charge in [0.25, 0.3) is 5.91 Å². The molecule has 6 nitrogen and oxygen atoms in total. The molecule has 3 aromatic carbocycles. The monoisotopic (exact) mass is 428 g/mol. The van der Waals surface area contributed by atoms with E-state index in [2.05, 4.69) is 50.3 Å². The first-order valence-electron chi connectivity index (χ1n) is 11.2. The number of anilines is 2. The van der Waals surface area contributed by atoms with E-state index in [1.165, 1.54) is 5.69 Å². The Morgan fingerprint density at radius 3 is 2.25 bits per heavy atom. The maximum absolute atomic E-state index is 12.8. The molecule has 0 radical (unpaired) electrons. The molecule has 32 heavy (non-hydrogen) atoms. The molecular weight excluding hydrogens is 400 g/mol. The third-order valence-electron chi connectivity index (χ3n) is 6.38. The molecule has 1 unspecified atom stereocenters. The van der Waals surface area contributed by atoms with Crippen molar-refractivity contribution < 1.29 is 9.90 Å². The SMILES string of the molecule is O=C1NC(c2ccccc2)N(CCN2CCN(c3ccccc3)CC2)c2cc(O)ccc21. The zero-order valence-electron chi connectivity index (χ0n) is 18.0. The van der Waals surface area contributed by atoms with E-state index in [4.69, 9.17) is 0 Å². The minimum atomic E-state index is -0.261. The van der Waals surface area contributed by atoms with Crippen molar-refractivity contribution in [2.24, 2.45) is 0 Å². The summed E-state index contributed by atoms with van der Waals surface area (Å²) in [6, 6.07) is 25.5. The Balaban J connectivity index is 1.32. The number of fused-ring (bicyclic) bond motifs is 1. The molecule has 1 fully saturated rings. The van der Waals surface area contributed by atoms with Crippen molar-refractivity contribution in [1.29, 1.82) is 0 Å². The Kier molecular flexibility index (Phi) is 5.69. The fourth-order valence-electron chi connectivity index (χ4n) is 4.63. The summed E-state index contributed by atoms with van der Waals surface area (Å²) in [7, 11) is 0. The van der Waals surface area contributed by atoms with E-state index in [9.17, 15) is 9.90 Å². The molecule has 1 amide bonds. The Hall–Kier alpha value is -3.51. The molecule has 3 aromatic rings. The van der Waals surface area contributed by atoms with Crippen LogP contribution in [0.3, 0.4) is 0 Å². The van der Waals surface area contributed by atoms with Crippen molar-refractivity contribution in [1.82, 2.24) is 10.2 Å². The van der Waals surface area contributed by atoms with Crippen LogP contribution in [0.15, 0.2) is 78.9 Å². The molecule has 0 spiro atoms. The number of para-hydroxylation sites is 1. The molecular formula is C26H28N4O2. The quantitative estimate of drug-likeness (QED) is 0.652. The van der Waals surface area contributed by atoms with Gasteiger partial charge in [-0.15, -0.1) is 0 Å². The van der Waals surface area contributed by atoms with Crippen molar-refractivity contribution in [2.45, 2.75) is 6.17 Å². The van der Waals surface area contributed by atoms with Crippen molar-refractivity contribution >= 4 is 17.3 Å². The molecule has 0 aromatic heterocycles. The molecule has 6 heteroatoms. The number of rotatable bonds is 5. The zero-order chi connectivity index (χ0) is 21.9. The topological polar surface area (TPSA) is 59.1 Å². The van der Waals surface area contributed by atoms with Gasteiger partial charge in [-0.3, -0.25) is 9.69 Å². The Morgan fingerprint density at radius 2 is 1.53 bits per heavy atom. The highest BCUT2D eigenvalue weighted by molar-refractivity contribution is 6.02. The summed E-state index contributed by atoms with van der Waals surface area (Å²) in [6.45, 7) is 5.63. The summed E-state index contributed by atoms with van der Waals surface area (Å²) in [5.41, 5.74) is 3.69. The van der Waals surface area contributed by atoms with Gasteiger partial charge < -0.3 is 20.2 Å². The van der Waals surface area contributed by atoms with E-state index in [0.29, 0.717) is 5.56 Å². The molecule has 0 aliphatic carbocycles. The largest absolute Gasteiger partial charge is 0.508 e. The second kappa shape index (κ2) is 8.93. The van der Waals surface area contributed by atoms with Gasteiger partial charge in [0.1, 0.15) is 11.9 Å². The van der Waals surface area contributed by atoms with Crippen LogP contribution in [-0.4, -0.2) is 55.2 Å². The normalized spacial score (nSPS) is 18.9. The van der Waals surface area contributed by atoms with E-state index in [0.717, 1.165) is 50.5 Å². The third-order valence-corrected chi connectivity index (χ3v) is 6.38. The smallest absolute Gasteiger partial charge is 0.255 e. The van der Waals surface area contributed by atoms with Gasteiger partial charge in [0.05, 0.1) is 11.3 Å². The number of amides is 1. The minimum absolute atomic E-state index is 0.110. The summed E-state index contributed by atoms with van der Waals surface area (Å²) in [5, 5.41) is 13.3. The van der Waals surface area contributed by atoms with Crippen molar-refractivity contribution in [2.75, 3.05) is 49.1 Å². The number of phenolic OH excluding ortho intramolecular Hbond substituents is 1. The van der Waals surface area contributed by atoms with E-state index in [1.54, 1.807) is 18.2 Å². The van der Waals surface area contributed by atoms with E-state index >= 15 is 0 Å². The fourth-order valence-corrected chi connectivity index (χ4v) is 4.63. The number of aromatic hydroxyl groups is 1. The summed E-state index contributed by atoms with van der Waals surface area (Å²) in [6.07, 6.45) is -0.261. The number of nitrogens with zero attached hydrogens (tertiary/aromatic N) is 3. The predicted molar refractivity (Wildman–Crippen MR) is 127 cm³/mol. The lowest BCUT2D eigenvalue weighted by Crippen LogP contribution is -2.52. The summed E-state index contributed by atoms with van der Waals surface area (Å²) in [4.78, 5) is 19.9. The van der Waals surface area contributed by atoms with Crippen LogP contribution in [0.5, 0.6) is 5.75 Å². The molecule has 1 atom stereocenters. The third kappa shape index (κ3) is 4.14. The molecule has 1 saturated heterocycles. The van der Waals surface area contributed by atoms with Gasteiger partial charge in [0.15, 0.2) is 0 Å². The minimum Gasteiger partial charge on any atom is -0.508 e. The number of piperazine rings is 1. The first-order chi connectivity index (χ1) is 15.7. The van der Waals surface area contributed by atoms with Crippen molar-refractivity contribution in [3.8, 4) is 5.75 Å². The maximum atomic E-state index is 12.8. The maximum Gasteiger partial charge on any atom is 0.255 e. The molecule has 2 aliphatic heterocycles. The van der Waals surface area contributed by atoms with Gasteiger partial charge in [0.2, 0.25) is 0 Å². The molecule has 164 valence electrons. The highest BCUT2D eigenvalue weighted by Crippen LogP contribution is 2.35. The Morgan fingerprint density at radius 1 is 0.844 bits per heavy atom. The van der Waals surface area contributed by atoms with Gasteiger partial charge in [-0.1, -0.05) is 48.5 Å². The second-order valence-corrected chi connectivity index (χ2v) is 8.35. The lowest BCUT2D eigenvalue weighted by atomic mass is 10.0. The van der Waals surface area contributed by atoms with E-state index < -0.39 is 0 Å². The number of benzene rings is 3. The van der Waals surface area contributed by atoms with Gasteiger partial charge in [-0.25, -0.2) is 0 Å². The van der Waals surface area contributed by atoms with Crippen LogP contribution in [0.25, 0.3) is 0 Å². The number of hydrogen-bond acceptors (Lipinski definition) is 5. The van der Waals surface area contributed by atoms with Crippen LogP contribution < -0.4 is 15.1 Å². The van der Waals surface area contributed by atoms with Crippen molar-refractivity contribution in [3.63, 3.8) is 0 Å². The summed E-state index contributed by atoms with van der Waals surface area (Å²) < 4.78 is 0. The van der Waals surface area contributed by atoms with E-state index in [1.807, 2.05) is 30.3 Å². The summed E-state index contributed by atoms with van der Waals surface area (Å²) in [5.74, 6) is 0.0633.